The summed E-state index contributed by atoms with van der Waals surface area (Å²) in [5.41, 5.74) is -0.138. The van der Waals surface area contributed by atoms with E-state index in [-0.39, 0.29) is 24.5 Å². The summed E-state index contributed by atoms with van der Waals surface area (Å²) in [5, 5.41) is 9.13. The van der Waals surface area contributed by atoms with Crippen LogP contribution >= 0.6 is 0 Å². The topological polar surface area (TPSA) is 60.7 Å². The first-order chi connectivity index (χ1) is 11.3. The fourth-order valence-corrected chi connectivity index (χ4v) is 2.10. The molecule has 0 saturated heterocycles. The number of methoxy groups -OCH3 is 3. The molecule has 0 amide bonds. The predicted octanol–water partition coefficient (Wildman–Crippen LogP) is 3.63. The maximum absolute atomic E-state index is 13.1. The fourth-order valence-electron chi connectivity index (χ4n) is 2.10. The molecule has 1 aromatic rings. The molecule has 0 unspecified atom stereocenters. The van der Waals surface area contributed by atoms with Crippen molar-refractivity contribution >= 4 is 0 Å². The van der Waals surface area contributed by atoms with Crippen molar-refractivity contribution < 1.29 is 32.1 Å². The molecule has 0 aliphatic rings. The maximum Gasteiger partial charge on any atom is 0.449 e. The van der Waals surface area contributed by atoms with E-state index in [1.165, 1.54) is 40.4 Å². The van der Waals surface area contributed by atoms with Gasteiger partial charge in [-0.15, -0.1) is 0 Å². The Labute approximate surface area is 138 Å². The highest BCUT2D eigenvalue weighted by atomic mass is 19.4. The largest absolute Gasteiger partial charge is 0.493 e. The van der Waals surface area contributed by atoms with Crippen molar-refractivity contribution in [2.24, 2.45) is 0 Å². The summed E-state index contributed by atoms with van der Waals surface area (Å²) in [6.45, 7) is 1.22. The minimum absolute atomic E-state index is 0.199. The molecule has 1 rings (SSSR count). The average molecular weight is 345 g/mol. The molecule has 0 aromatic heterocycles. The summed E-state index contributed by atoms with van der Waals surface area (Å²) in [7, 11) is 4.20. The number of allylic oxidation sites excluding steroid dienone is 2. The van der Waals surface area contributed by atoms with Gasteiger partial charge in [0.15, 0.2) is 11.5 Å². The van der Waals surface area contributed by atoms with E-state index in [2.05, 4.69) is 4.74 Å². The number of rotatable bonds is 7. The van der Waals surface area contributed by atoms with Crippen LogP contribution in [0.2, 0.25) is 0 Å². The highest BCUT2D eigenvalue weighted by Crippen LogP contribution is 2.39. The van der Waals surface area contributed by atoms with Gasteiger partial charge in [0, 0.05) is 6.42 Å². The maximum atomic E-state index is 13.1. The standard InChI is InChI=1S/C16H18F3NO4/c1-5-24-15(16(17,18)19)11(9-20)6-10-7-12(21-2)14(23-4)13(8-10)22-3/h7-8H,5-6H2,1-4H3/b15-11-. The van der Waals surface area contributed by atoms with Crippen molar-refractivity contribution in [1.82, 2.24) is 0 Å². The van der Waals surface area contributed by atoms with Crippen LogP contribution < -0.4 is 14.2 Å². The number of ether oxygens (including phenoxy) is 4. The van der Waals surface area contributed by atoms with Gasteiger partial charge in [0.1, 0.15) is 0 Å². The first-order valence-corrected chi connectivity index (χ1v) is 6.94. The lowest BCUT2D eigenvalue weighted by Gasteiger charge is -2.16. The van der Waals surface area contributed by atoms with Crippen LogP contribution in [-0.4, -0.2) is 34.1 Å². The van der Waals surface area contributed by atoms with Gasteiger partial charge >= 0.3 is 6.18 Å². The Morgan fingerprint density at radius 1 is 1.08 bits per heavy atom. The smallest absolute Gasteiger partial charge is 0.449 e. The van der Waals surface area contributed by atoms with Crippen LogP contribution in [0.25, 0.3) is 0 Å². The van der Waals surface area contributed by atoms with Crippen molar-refractivity contribution in [1.29, 1.82) is 5.26 Å². The van der Waals surface area contributed by atoms with Crippen LogP contribution in [0.1, 0.15) is 12.5 Å². The van der Waals surface area contributed by atoms with Crippen LogP contribution in [0.4, 0.5) is 13.2 Å². The monoisotopic (exact) mass is 345 g/mol. The molecular formula is C16H18F3NO4. The van der Waals surface area contributed by atoms with Crippen LogP contribution in [0.3, 0.4) is 0 Å². The van der Waals surface area contributed by atoms with Crippen LogP contribution in [0, 0.1) is 11.3 Å². The molecule has 0 saturated carbocycles. The lowest BCUT2D eigenvalue weighted by molar-refractivity contribution is -0.131. The van der Waals surface area contributed by atoms with Crippen LogP contribution in [0.15, 0.2) is 23.5 Å². The SMILES string of the molecule is CCO/C(=C(\C#N)Cc1cc(OC)c(OC)c(OC)c1)C(F)(F)F. The summed E-state index contributed by atoms with van der Waals surface area (Å²) in [4.78, 5) is 0. The minimum atomic E-state index is -4.75. The summed E-state index contributed by atoms with van der Waals surface area (Å²) < 4.78 is 59.3. The molecule has 0 radical (unpaired) electrons. The second kappa shape index (κ2) is 8.34. The second-order valence-electron chi connectivity index (χ2n) is 4.56. The third-order valence-corrected chi connectivity index (χ3v) is 3.06. The van der Waals surface area contributed by atoms with E-state index in [1.807, 2.05) is 0 Å². The zero-order valence-corrected chi connectivity index (χ0v) is 13.8. The summed E-state index contributed by atoms with van der Waals surface area (Å²) in [5.74, 6) is -0.406. The molecule has 0 aliphatic carbocycles. The quantitative estimate of drug-likeness (QED) is 0.558. The number of hydrogen-bond acceptors (Lipinski definition) is 5. The fraction of sp³-hybridized carbons (Fsp3) is 0.438. The lowest BCUT2D eigenvalue weighted by Crippen LogP contribution is -2.18. The van der Waals surface area contributed by atoms with E-state index in [1.54, 1.807) is 6.07 Å². The minimum Gasteiger partial charge on any atom is -0.493 e. The predicted molar refractivity (Wildman–Crippen MR) is 80.1 cm³/mol. The van der Waals surface area contributed by atoms with Gasteiger partial charge in [0.2, 0.25) is 11.5 Å². The number of benzene rings is 1. The van der Waals surface area contributed by atoms with Gasteiger partial charge in [-0.1, -0.05) is 0 Å². The molecule has 0 spiro atoms. The Morgan fingerprint density at radius 3 is 1.96 bits per heavy atom. The Kier molecular flexibility index (Phi) is 6.77. The first-order valence-electron chi connectivity index (χ1n) is 6.94. The number of alkyl halides is 3. The molecule has 0 heterocycles. The van der Waals surface area contributed by atoms with E-state index in [9.17, 15) is 13.2 Å². The van der Waals surface area contributed by atoms with Crippen LogP contribution in [-0.2, 0) is 11.2 Å². The Balaban J connectivity index is 3.38. The van der Waals surface area contributed by atoms with Gasteiger partial charge in [-0.05, 0) is 24.6 Å². The second-order valence-corrected chi connectivity index (χ2v) is 4.56. The van der Waals surface area contributed by atoms with Gasteiger partial charge in [0.25, 0.3) is 0 Å². The van der Waals surface area contributed by atoms with Gasteiger partial charge in [0.05, 0.1) is 39.6 Å². The molecule has 0 fully saturated rings. The zero-order valence-electron chi connectivity index (χ0n) is 13.8. The summed E-state index contributed by atoms with van der Waals surface area (Å²) in [6.07, 6.45) is -5.04. The molecule has 24 heavy (non-hydrogen) atoms. The summed E-state index contributed by atoms with van der Waals surface area (Å²) >= 11 is 0. The number of halogens is 3. The molecular weight excluding hydrogens is 327 g/mol. The van der Waals surface area contributed by atoms with E-state index >= 15 is 0 Å². The molecule has 5 nitrogen and oxygen atoms in total. The highest BCUT2D eigenvalue weighted by molar-refractivity contribution is 5.54. The molecule has 0 N–H and O–H groups in total. The lowest BCUT2D eigenvalue weighted by atomic mass is 10.0. The first kappa shape index (κ1) is 19.5. The van der Waals surface area contributed by atoms with Gasteiger partial charge < -0.3 is 18.9 Å². The van der Waals surface area contributed by atoms with Crippen molar-refractivity contribution in [3.63, 3.8) is 0 Å². The van der Waals surface area contributed by atoms with E-state index in [0.717, 1.165) is 0 Å². The summed E-state index contributed by atoms with van der Waals surface area (Å²) in [6, 6.07) is 4.54. The van der Waals surface area contributed by atoms with Crippen molar-refractivity contribution in [3.05, 3.63) is 29.0 Å². The third-order valence-electron chi connectivity index (χ3n) is 3.06. The molecule has 0 aliphatic heterocycles. The van der Waals surface area contributed by atoms with Gasteiger partial charge in [-0.2, -0.15) is 18.4 Å². The van der Waals surface area contributed by atoms with Crippen LogP contribution in [0.5, 0.6) is 17.2 Å². The molecule has 1 aromatic carbocycles. The van der Waals surface area contributed by atoms with E-state index < -0.39 is 17.5 Å². The number of nitrogens with zero attached hydrogens (tertiary/aromatic N) is 1. The number of nitriles is 1. The van der Waals surface area contributed by atoms with Gasteiger partial charge in [-0.25, -0.2) is 0 Å². The Hall–Kier alpha value is -2.56. The molecule has 8 heteroatoms. The zero-order chi connectivity index (χ0) is 18.3. The highest BCUT2D eigenvalue weighted by Gasteiger charge is 2.38. The Morgan fingerprint density at radius 2 is 1.62 bits per heavy atom. The number of hydrogen-bond donors (Lipinski definition) is 0. The van der Waals surface area contributed by atoms with E-state index in [0.29, 0.717) is 11.3 Å². The average Bonchev–Trinajstić information content (AvgIpc) is 2.55. The normalized spacial score (nSPS) is 12.1. The van der Waals surface area contributed by atoms with E-state index in [4.69, 9.17) is 19.5 Å². The molecule has 0 bridgehead atoms. The third kappa shape index (κ3) is 4.47. The van der Waals surface area contributed by atoms with Crippen molar-refractivity contribution in [2.45, 2.75) is 19.5 Å². The van der Waals surface area contributed by atoms with Crippen molar-refractivity contribution in [2.75, 3.05) is 27.9 Å². The molecule has 0 atom stereocenters. The molecule has 132 valence electrons. The Bertz CT molecular complexity index is 623. The van der Waals surface area contributed by atoms with Gasteiger partial charge in [-0.3, -0.25) is 0 Å². The van der Waals surface area contributed by atoms with Crippen molar-refractivity contribution in [3.8, 4) is 23.3 Å².